The molecule has 1 aliphatic rings. The summed E-state index contributed by atoms with van der Waals surface area (Å²) in [6, 6.07) is 9.08. The molecule has 1 amide bonds. The van der Waals surface area contributed by atoms with Crippen LogP contribution in [0.15, 0.2) is 36.4 Å². The van der Waals surface area contributed by atoms with Crippen LogP contribution >= 0.6 is 0 Å². The number of methoxy groups -OCH3 is 1. The van der Waals surface area contributed by atoms with Crippen LogP contribution in [0, 0.1) is 0 Å². The van der Waals surface area contributed by atoms with Crippen molar-refractivity contribution in [1.82, 2.24) is 5.32 Å². The molecule has 3 rings (SSSR count). The lowest BCUT2D eigenvalue weighted by Crippen LogP contribution is -2.67. The molecule has 0 saturated carbocycles. The summed E-state index contributed by atoms with van der Waals surface area (Å²) in [5.74, 6) is -3.25. The maximum absolute atomic E-state index is 12.6. The SMILES string of the molecule is COC(=O)c1ccc2ccccc2c1O[C@H]1OC(COC(C)=O)[C@H](OC(C)=O)[C@@H](OC(C)=O)[C@@H]1NC(C)=O. The monoisotopic (exact) mass is 531 g/mol. The second-order valence-electron chi connectivity index (χ2n) is 8.49. The number of amides is 1. The van der Waals surface area contributed by atoms with E-state index in [1.165, 1.54) is 27.0 Å². The smallest absolute Gasteiger partial charge is 0.341 e. The molecular weight excluding hydrogens is 502 g/mol. The molecule has 1 fully saturated rings. The number of ether oxygens (including phenoxy) is 6. The van der Waals surface area contributed by atoms with Gasteiger partial charge in [-0.3, -0.25) is 19.2 Å². The summed E-state index contributed by atoms with van der Waals surface area (Å²) in [4.78, 5) is 60.3. The maximum Gasteiger partial charge on any atom is 0.341 e. The summed E-state index contributed by atoms with van der Waals surface area (Å²) in [7, 11) is 1.22. The van der Waals surface area contributed by atoms with Gasteiger partial charge in [0.15, 0.2) is 12.2 Å². The van der Waals surface area contributed by atoms with Crippen LogP contribution in [0.1, 0.15) is 38.1 Å². The van der Waals surface area contributed by atoms with Gasteiger partial charge in [0, 0.05) is 33.1 Å². The molecule has 0 aromatic heterocycles. The largest absolute Gasteiger partial charge is 0.465 e. The van der Waals surface area contributed by atoms with Gasteiger partial charge in [-0.25, -0.2) is 4.79 Å². The summed E-state index contributed by atoms with van der Waals surface area (Å²) < 4.78 is 33.2. The normalized spacial score (nSPS) is 22.6. The number of rotatable bonds is 8. The van der Waals surface area contributed by atoms with Crippen LogP contribution in [0.5, 0.6) is 5.75 Å². The first-order valence-electron chi connectivity index (χ1n) is 11.7. The van der Waals surface area contributed by atoms with Crippen molar-refractivity contribution >= 4 is 40.6 Å². The third kappa shape index (κ3) is 6.76. The zero-order valence-corrected chi connectivity index (χ0v) is 21.5. The molecule has 1 unspecified atom stereocenters. The summed E-state index contributed by atoms with van der Waals surface area (Å²) in [6.45, 7) is 4.30. The molecule has 0 spiro atoms. The molecular formula is C26H29NO11. The van der Waals surface area contributed by atoms with Crippen LogP contribution < -0.4 is 10.1 Å². The van der Waals surface area contributed by atoms with Gasteiger partial charge in [0.25, 0.3) is 0 Å². The fourth-order valence-electron chi connectivity index (χ4n) is 4.15. The average Bonchev–Trinajstić information content (AvgIpc) is 2.85. The van der Waals surface area contributed by atoms with E-state index >= 15 is 0 Å². The topological polar surface area (TPSA) is 153 Å². The van der Waals surface area contributed by atoms with E-state index in [0.717, 1.165) is 19.2 Å². The first kappa shape index (κ1) is 28.4. The minimum atomic E-state index is -1.40. The molecule has 12 heteroatoms. The second kappa shape index (κ2) is 12.4. The number of fused-ring (bicyclic) bond motifs is 1. The van der Waals surface area contributed by atoms with Crippen LogP contribution in [0.4, 0.5) is 0 Å². The summed E-state index contributed by atoms with van der Waals surface area (Å²) >= 11 is 0. The van der Waals surface area contributed by atoms with E-state index in [4.69, 9.17) is 28.4 Å². The Kier molecular flexibility index (Phi) is 9.24. The molecule has 2 aromatic rings. The highest BCUT2D eigenvalue weighted by atomic mass is 16.7. The van der Waals surface area contributed by atoms with Crippen molar-refractivity contribution in [2.45, 2.75) is 58.3 Å². The van der Waals surface area contributed by atoms with Crippen molar-refractivity contribution in [2.24, 2.45) is 0 Å². The lowest BCUT2D eigenvalue weighted by Gasteiger charge is -2.45. The molecule has 2 aromatic carbocycles. The lowest BCUT2D eigenvalue weighted by molar-refractivity contribution is -0.257. The molecule has 204 valence electrons. The van der Waals surface area contributed by atoms with Crippen molar-refractivity contribution in [1.29, 1.82) is 0 Å². The van der Waals surface area contributed by atoms with Crippen molar-refractivity contribution in [3.8, 4) is 5.75 Å². The van der Waals surface area contributed by atoms with Gasteiger partial charge in [0.2, 0.25) is 12.2 Å². The molecule has 38 heavy (non-hydrogen) atoms. The Morgan fingerprint density at radius 1 is 0.868 bits per heavy atom. The molecule has 1 saturated heterocycles. The zero-order chi connectivity index (χ0) is 28.0. The number of nitrogens with one attached hydrogen (secondary N) is 1. The number of benzene rings is 2. The predicted molar refractivity (Wildman–Crippen MR) is 130 cm³/mol. The van der Waals surface area contributed by atoms with Crippen LogP contribution in [0.25, 0.3) is 10.8 Å². The Labute approximate surface area is 218 Å². The van der Waals surface area contributed by atoms with Gasteiger partial charge in [-0.15, -0.1) is 0 Å². The van der Waals surface area contributed by atoms with Crippen LogP contribution in [0.2, 0.25) is 0 Å². The molecule has 1 heterocycles. The Morgan fingerprint density at radius 3 is 2.13 bits per heavy atom. The van der Waals surface area contributed by atoms with Gasteiger partial charge in [-0.05, 0) is 11.5 Å². The molecule has 1 N–H and O–H groups in total. The number of esters is 4. The third-order valence-electron chi connectivity index (χ3n) is 5.59. The van der Waals surface area contributed by atoms with E-state index < -0.39 is 67.0 Å². The minimum Gasteiger partial charge on any atom is -0.465 e. The highest BCUT2D eigenvalue weighted by Gasteiger charge is 2.52. The third-order valence-corrected chi connectivity index (χ3v) is 5.59. The highest BCUT2D eigenvalue weighted by Crippen LogP contribution is 2.35. The van der Waals surface area contributed by atoms with Gasteiger partial charge in [0.05, 0.1) is 7.11 Å². The van der Waals surface area contributed by atoms with E-state index in [2.05, 4.69) is 5.32 Å². The van der Waals surface area contributed by atoms with Crippen molar-refractivity contribution < 1.29 is 52.4 Å². The van der Waals surface area contributed by atoms with Crippen LogP contribution in [0.3, 0.4) is 0 Å². The number of carbonyl (C=O) groups excluding carboxylic acids is 5. The number of hydrogen-bond acceptors (Lipinski definition) is 11. The number of carbonyl (C=O) groups is 5. The molecule has 1 aliphatic heterocycles. The van der Waals surface area contributed by atoms with Crippen LogP contribution in [-0.2, 0) is 42.9 Å². The molecule has 12 nitrogen and oxygen atoms in total. The molecule has 0 radical (unpaired) electrons. The lowest BCUT2D eigenvalue weighted by atomic mass is 9.95. The quantitative estimate of drug-likeness (QED) is 0.391. The van der Waals surface area contributed by atoms with Crippen molar-refractivity contribution in [2.75, 3.05) is 13.7 Å². The zero-order valence-electron chi connectivity index (χ0n) is 21.5. The fraction of sp³-hybridized carbons (Fsp3) is 0.423. The Morgan fingerprint density at radius 2 is 1.53 bits per heavy atom. The van der Waals surface area contributed by atoms with E-state index in [-0.39, 0.29) is 11.3 Å². The predicted octanol–water partition coefficient (Wildman–Crippen LogP) is 1.66. The van der Waals surface area contributed by atoms with Crippen LogP contribution in [-0.4, -0.2) is 74.1 Å². The van der Waals surface area contributed by atoms with E-state index in [1.54, 1.807) is 30.3 Å². The second-order valence-corrected chi connectivity index (χ2v) is 8.49. The van der Waals surface area contributed by atoms with E-state index in [1.807, 2.05) is 0 Å². The summed E-state index contributed by atoms with van der Waals surface area (Å²) in [6.07, 6.45) is -5.15. The Bertz CT molecular complexity index is 1230. The van der Waals surface area contributed by atoms with Gasteiger partial charge in [0.1, 0.15) is 30.1 Å². The first-order chi connectivity index (χ1) is 18.0. The minimum absolute atomic E-state index is 0.0686. The summed E-state index contributed by atoms with van der Waals surface area (Å²) in [5, 5.41) is 3.89. The highest BCUT2D eigenvalue weighted by molar-refractivity contribution is 6.01. The van der Waals surface area contributed by atoms with Gasteiger partial charge in [-0.1, -0.05) is 30.3 Å². The van der Waals surface area contributed by atoms with Crippen molar-refractivity contribution in [3.63, 3.8) is 0 Å². The van der Waals surface area contributed by atoms with Gasteiger partial charge in [-0.2, -0.15) is 0 Å². The molecule has 5 atom stereocenters. The molecule has 0 aliphatic carbocycles. The van der Waals surface area contributed by atoms with E-state index in [0.29, 0.717) is 5.39 Å². The van der Waals surface area contributed by atoms with Gasteiger partial charge < -0.3 is 33.7 Å². The van der Waals surface area contributed by atoms with E-state index in [9.17, 15) is 24.0 Å². The fourth-order valence-corrected chi connectivity index (χ4v) is 4.15. The Hall–Kier alpha value is -4.19. The maximum atomic E-state index is 12.6. The summed E-state index contributed by atoms with van der Waals surface area (Å²) in [5.41, 5.74) is 0.0686. The van der Waals surface area contributed by atoms with Crippen molar-refractivity contribution in [3.05, 3.63) is 42.0 Å². The average molecular weight is 532 g/mol. The number of hydrogen-bond donors (Lipinski definition) is 1. The Balaban J connectivity index is 2.15. The standard InChI is InChI=1S/C26H29NO11/c1-13(28)27-21-24(36-16(4)31)23(35-15(3)30)20(12-34-14(2)29)37-26(21)38-22-18-9-7-6-8-17(18)10-11-19(22)25(32)33-5/h6-11,20-21,23-24,26H,12H2,1-5H3,(H,27,28)/t20?,21-,23-,24-,26+/m0/s1. The first-order valence-corrected chi connectivity index (χ1v) is 11.7. The molecule has 0 bridgehead atoms. The van der Waals surface area contributed by atoms with Gasteiger partial charge >= 0.3 is 23.9 Å².